The third kappa shape index (κ3) is 3.22. The van der Waals surface area contributed by atoms with Gasteiger partial charge in [-0.2, -0.15) is 5.26 Å². The summed E-state index contributed by atoms with van der Waals surface area (Å²) in [5, 5.41) is 12.0. The van der Waals surface area contributed by atoms with Gasteiger partial charge in [-0.25, -0.2) is 8.78 Å². The predicted molar refractivity (Wildman–Crippen MR) is 95.6 cm³/mol. The van der Waals surface area contributed by atoms with Gasteiger partial charge in [-0.3, -0.25) is 4.79 Å². The number of anilines is 1. The van der Waals surface area contributed by atoms with Crippen molar-refractivity contribution >= 4 is 11.6 Å². The first-order valence-electron chi connectivity index (χ1n) is 8.71. The molecule has 0 aromatic heterocycles. The molecule has 1 fully saturated rings. The fourth-order valence-electron chi connectivity index (χ4n) is 3.65. The summed E-state index contributed by atoms with van der Waals surface area (Å²) in [6.45, 7) is 0. The summed E-state index contributed by atoms with van der Waals surface area (Å²) in [6, 6.07) is 12.1. The van der Waals surface area contributed by atoms with Crippen LogP contribution in [0.4, 0.5) is 14.5 Å². The van der Waals surface area contributed by atoms with Crippen molar-refractivity contribution in [1.29, 1.82) is 5.26 Å². The van der Waals surface area contributed by atoms with Crippen LogP contribution in [0.1, 0.15) is 19.3 Å². The molecule has 0 saturated carbocycles. The van der Waals surface area contributed by atoms with Gasteiger partial charge in [0.05, 0.1) is 23.9 Å². The van der Waals surface area contributed by atoms with Crippen LogP contribution >= 0.6 is 0 Å². The van der Waals surface area contributed by atoms with E-state index < -0.39 is 17.5 Å². The zero-order chi connectivity index (χ0) is 19.0. The molecule has 6 heteroatoms. The lowest BCUT2D eigenvalue weighted by molar-refractivity contribution is -0.113. The summed E-state index contributed by atoms with van der Waals surface area (Å²) in [7, 11) is 0. The van der Waals surface area contributed by atoms with E-state index in [2.05, 4.69) is 11.4 Å². The Kier molecular flexibility index (Phi) is 4.46. The normalized spacial score (nSPS) is 21.1. The van der Waals surface area contributed by atoms with E-state index in [4.69, 9.17) is 4.74 Å². The summed E-state index contributed by atoms with van der Waals surface area (Å²) < 4.78 is 34.0. The first-order chi connectivity index (χ1) is 13.1. The average Bonchev–Trinajstić information content (AvgIpc) is 3.04. The molecule has 2 atom stereocenters. The number of halogens is 2. The third-order valence-electron chi connectivity index (χ3n) is 4.97. The van der Waals surface area contributed by atoms with Gasteiger partial charge in [0.15, 0.2) is 0 Å². The predicted octanol–water partition coefficient (Wildman–Crippen LogP) is 4.34. The molecule has 136 valence electrons. The molecule has 0 radical (unpaired) electrons. The molecule has 1 amide bonds. The van der Waals surface area contributed by atoms with E-state index in [0.29, 0.717) is 17.6 Å². The number of carbonyl (C=O) groups excluding carboxylic acids is 1. The zero-order valence-electron chi connectivity index (χ0n) is 14.3. The van der Waals surface area contributed by atoms with Gasteiger partial charge in [-0.05, 0) is 37.1 Å². The van der Waals surface area contributed by atoms with Crippen molar-refractivity contribution in [3.05, 3.63) is 65.2 Å². The van der Waals surface area contributed by atoms with E-state index in [1.165, 1.54) is 30.3 Å². The number of carbonyl (C=O) groups is 1. The second-order valence-electron chi connectivity index (χ2n) is 6.66. The Balaban J connectivity index is 1.59. The Hall–Kier alpha value is -3.04. The van der Waals surface area contributed by atoms with E-state index in [-0.39, 0.29) is 29.0 Å². The highest BCUT2D eigenvalue weighted by molar-refractivity contribution is 6.05. The third-order valence-corrected chi connectivity index (χ3v) is 4.97. The average molecular weight is 366 g/mol. The van der Waals surface area contributed by atoms with Crippen molar-refractivity contribution in [2.75, 3.05) is 5.32 Å². The number of hydrogen-bond acceptors (Lipinski definition) is 3. The number of nitrogens with zero attached hydrogens (tertiary/aromatic N) is 1. The maximum absolute atomic E-state index is 14.5. The topological polar surface area (TPSA) is 62.1 Å². The second-order valence-corrected chi connectivity index (χ2v) is 6.66. The van der Waals surface area contributed by atoms with E-state index in [1.54, 1.807) is 6.07 Å². The molecule has 2 heterocycles. The van der Waals surface area contributed by atoms with Crippen LogP contribution in [0.3, 0.4) is 0 Å². The van der Waals surface area contributed by atoms with Gasteiger partial charge in [0.1, 0.15) is 11.6 Å². The van der Waals surface area contributed by atoms with Gasteiger partial charge in [0, 0.05) is 28.8 Å². The number of nitriles is 1. The Morgan fingerprint density at radius 1 is 1.11 bits per heavy atom. The lowest BCUT2D eigenvalue weighted by Crippen LogP contribution is -2.27. The van der Waals surface area contributed by atoms with Gasteiger partial charge in [-0.15, -0.1) is 0 Å². The molecule has 0 spiro atoms. The van der Waals surface area contributed by atoms with Crippen LogP contribution in [-0.4, -0.2) is 18.1 Å². The van der Waals surface area contributed by atoms with Crippen molar-refractivity contribution in [2.24, 2.45) is 0 Å². The van der Waals surface area contributed by atoms with Crippen molar-refractivity contribution in [3.63, 3.8) is 0 Å². The van der Waals surface area contributed by atoms with Crippen LogP contribution < -0.4 is 5.32 Å². The fourth-order valence-corrected chi connectivity index (χ4v) is 3.65. The molecule has 2 aromatic rings. The Bertz CT molecular complexity index is 994. The number of rotatable bonds is 3. The summed E-state index contributed by atoms with van der Waals surface area (Å²) >= 11 is 0. The monoisotopic (exact) mass is 366 g/mol. The smallest absolute Gasteiger partial charge is 0.252 e. The molecule has 2 bridgehead atoms. The van der Waals surface area contributed by atoms with E-state index in [0.717, 1.165) is 18.9 Å². The maximum atomic E-state index is 14.5. The molecule has 4 rings (SSSR count). The number of fused-ring (bicyclic) bond motifs is 2. The summed E-state index contributed by atoms with van der Waals surface area (Å²) in [4.78, 5) is 12.6. The first-order valence-corrected chi connectivity index (χ1v) is 8.71. The van der Waals surface area contributed by atoms with Crippen molar-refractivity contribution in [3.8, 4) is 17.2 Å². The summed E-state index contributed by atoms with van der Waals surface area (Å²) in [6.07, 6.45) is 1.55. The number of ether oxygens (including phenoxy) is 1. The number of nitrogens with one attached hydrogen (secondary N) is 1. The summed E-state index contributed by atoms with van der Waals surface area (Å²) in [5.74, 6) is -1.58. The molecule has 2 aromatic carbocycles. The van der Waals surface area contributed by atoms with Crippen LogP contribution in [0.15, 0.2) is 53.6 Å². The minimum atomic E-state index is -0.639. The molecule has 0 aliphatic carbocycles. The largest absolute Gasteiger partial charge is 0.369 e. The minimum Gasteiger partial charge on any atom is -0.369 e. The van der Waals surface area contributed by atoms with E-state index >= 15 is 0 Å². The van der Waals surface area contributed by atoms with Crippen LogP contribution in [0.25, 0.3) is 11.1 Å². The van der Waals surface area contributed by atoms with Crippen molar-refractivity contribution in [2.45, 2.75) is 31.5 Å². The molecule has 2 aliphatic heterocycles. The number of benzene rings is 2. The Morgan fingerprint density at radius 2 is 1.89 bits per heavy atom. The van der Waals surface area contributed by atoms with Gasteiger partial charge >= 0.3 is 0 Å². The Morgan fingerprint density at radius 3 is 2.63 bits per heavy atom. The molecule has 1 N–H and O–H groups in total. The van der Waals surface area contributed by atoms with Crippen molar-refractivity contribution in [1.82, 2.24) is 0 Å². The highest BCUT2D eigenvalue weighted by atomic mass is 19.1. The van der Waals surface area contributed by atoms with E-state index in [9.17, 15) is 18.8 Å². The minimum absolute atomic E-state index is 0.0481. The van der Waals surface area contributed by atoms with Gasteiger partial charge in [-0.1, -0.05) is 18.2 Å². The second kappa shape index (κ2) is 6.93. The lowest BCUT2D eigenvalue weighted by Gasteiger charge is -2.23. The molecule has 0 unspecified atom stereocenters. The standard InChI is InChI=1S/C21H16F2N2O2/c22-18-4-2-1-3-14(18)15-7-5-12(9-19(15)23)25-21(26)16-10-13-6-8-20(27-13)17(16)11-24/h1-5,7,9,13,20H,6,8,10H2,(H,25,26)/t13-,20+/m1/s1. The molecular formula is C21H16F2N2O2. The molecule has 4 nitrogen and oxygen atoms in total. The van der Waals surface area contributed by atoms with Gasteiger partial charge < -0.3 is 10.1 Å². The zero-order valence-corrected chi connectivity index (χ0v) is 14.3. The van der Waals surface area contributed by atoms with Crippen LogP contribution in [0, 0.1) is 23.0 Å². The highest BCUT2D eigenvalue weighted by Gasteiger charge is 2.38. The van der Waals surface area contributed by atoms with Crippen LogP contribution in [0.5, 0.6) is 0 Å². The van der Waals surface area contributed by atoms with Gasteiger partial charge in [0.25, 0.3) is 5.91 Å². The van der Waals surface area contributed by atoms with Gasteiger partial charge in [0.2, 0.25) is 0 Å². The van der Waals surface area contributed by atoms with Crippen LogP contribution in [0.2, 0.25) is 0 Å². The highest BCUT2D eigenvalue weighted by Crippen LogP contribution is 2.37. The SMILES string of the molecule is N#CC1=C(C(=O)Nc2ccc(-c3ccccc3F)c(F)c2)C[C@H]2CC[C@@H]1O2. The molecule has 1 saturated heterocycles. The quantitative estimate of drug-likeness (QED) is 0.879. The van der Waals surface area contributed by atoms with Crippen LogP contribution in [-0.2, 0) is 9.53 Å². The Labute approximate surface area is 155 Å². The number of hydrogen-bond donors (Lipinski definition) is 1. The first kappa shape index (κ1) is 17.4. The summed E-state index contributed by atoms with van der Waals surface area (Å²) in [5.41, 5.74) is 1.27. The van der Waals surface area contributed by atoms with E-state index in [1.807, 2.05) is 0 Å². The maximum Gasteiger partial charge on any atom is 0.252 e. The molecule has 27 heavy (non-hydrogen) atoms. The molecule has 2 aliphatic rings. The fraction of sp³-hybridized carbons (Fsp3) is 0.238. The lowest BCUT2D eigenvalue weighted by atomic mass is 9.98. The number of amides is 1. The van der Waals surface area contributed by atoms with Crippen molar-refractivity contribution < 1.29 is 18.3 Å². The molecular weight excluding hydrogens is 350 g/mol.